The molecule has 5 nitrogen and oxygen atoms in total. The molecule has 0 radical (unpaired) electrons. The standard InChI is InChI=1S/C25H25N3O2S/c1-17-9-3-5-11-20(17)21-16-31-24(27-21)25(29)28-14-8-7-12-22(28)18(2)30-23-13-6-4-10-19(23)15-26/h3-6,9-11,13,16,18,22H,7-8,12,14H2,1-2H3. The lowest BCUT2D eigenvalue weighted by molar-refractivity contribution is 0.0353. The Morgan fingerprint density at radius 3 is 2.81 bits per heavy atom. The Bertz CT molecular complexity index is 1120. The van der Waals surface area contributed by atoms with Crippen LogP contribution in [-0.2, 0) is 0 Å². The molecule has 1 fully saturated rings. The minimum absolute atomic E-state index is 0.0430. The number of rotatable bonds is 5. The average molecular weight is 432 g/mol. The van der Waals surface area contributed by atoms with Crippen molar-refractivity contribution >= 4 is 17.2 Å². The van der Waals surface area contributed by atoms with Gasteiger partial charge >= 0.3 is 0 Å². The molecule has 0 N–H and O–H groups in total. The fourth-order valence-corrected chi connectivity index (χ4v) is 4.89. The Morgan fingerprint density at radius 1 is 1.23 bits per heavy atom. The van der Waals surface area contributed by atoms with E-state index >= 15 is 0 Å². The van der Waals surface area contributed by atoms with Crippen LogP contribution in [0.2, 0.25) is 0 Å². The number of amides is 1. The van der Waals surface area contributed by atoms with E-state index in [1.165, 1.54) is 11.3 Å². The van der Waals surface area contributed by atoms with E-state index in [1.54, 1.807) is 12.1 Å². The molecule has 2 heterocycles. The second-order valence-electron chi connectivity index (χ2n) is 7.85. The molecule has 2 aromatic carbocycles. The number of carbonyl (C=O) groups is 1. The van der Waals surface area contributed by atoms with Crippen molar-refractivity contribution in [3.8, 4) is 23.1 Å². The first-order valence-electron chi connectivity index (χ1n) is 10.6. The summed E-state index contributed by atoms with van der Waals surface area (Å²) in [6, 6.07) is 17.4. The van der Waals surface area contributed by atoms with Crippen LogP contribution in [0.15, 0.2) is 53.9 Å². The van der Waals surface area contributed by atoms with Crippen molar-refractivity contribution in [1.29, 1.82) is 5.26 Å². The number of carbonyl (C=O) groups excluding carboxylic acids is 1. The lowest BCUT2D eigenvalue weighted by atomic mass is 9.97. The van der Waals surface area contributed by atoms with Crippen molar-refractivity contribution in [2.75, 3.05) is 6.54 Å². The van der Waals surface area contributed by atoms with Gasteiger partial charge < -0.3 is 9.64 Å². The summed E-state index contributed by atoms with van der Waals surface area (Å²) in [6.45, 7) is 4.72. The molecular weight excluding hydrogens is 406 g/mol. The number of nitriles is 1. The lowest BCUT2D eigenvalue weighted by Gasteiger charge is -2.38. The normalized spacial score (nSPS) is 17.1. The monoisotopic (exact) mass is 431 g/mol. The minimum Gasteiger partial charge on any atom is -0.487 e. The number of hydrogen-bond acceptors (Lipinski definition) is 5. The molecule has 6 heteroatoms. The summed E-state index contributed by atoms with van der Waals surface area (Å²) in [5.74, 6) is 0.519. The van der Waals surface area contributed by atoms with Crippen LogP contribution in [-0.4, -0.2) is 34.5 Å². The maximum absolute atomic E-state index is 13.4. The van der Waals surface area contributed by atoms with Gasteiger partial charge in [-0.2, -0.15) is 5.26 Å². The van der Waals surface area contributed by atoms with Gasteiger partial charge in [-0.05, 0) is 50.8 Å². The van der Waals surface area contributed by atoms with Gasteiger partial charge in [0.25, 0.3) is 5.91 Å². The molecule has 0 bridgehead atoms. The van der Waals surface area contributed by atoms with E-state index in [0.29, 0.717) is 22.9 Å². The van der Waals surface area contributed by atoms with Crippen molar-refractivity contribution in [1.82, 2.24) is 9.88 Å². The summed E-state index contributed by atoms with van der Waals surface area (Å²) in [6.07, 6.45) is 2.67. The maximum Gasteiger partial charge on any atom is 0.283 e. The molecule has 1 aliphatic rings. The van der Waals surface area contributed by atoms with E-state index in [-0.39, 0.29) is 18.1 Å². The number of hydrogen-bond donors (Lipinski definition) is 0. The van der Waals surface area contributed by atoms with Gasteiger partial charge in [0, 0.05) is 17.5 Å². The van der Waals surface area contributed by atoms with Gasteiger partial charge in [-0.25, -0.2) is 4.98 Å². The zero-order valence-electron chi connectivity index (χ0n) is 17.7. The Morgan fingerprint density at radius 2 is 2.00 bits per heavy atom. The maximum atomic E-state index is 13.4. The van der Waals surface area contributed by atoms with Gasteiger partial charge in [-0.15, -0.1) is 11.3 Å². The number of thiazole rings is 1. The third kappa shape index (κ3) is 4.47. The van der Waals surface area contributed by atoms with Crippen LogP contribution in [0.3, 0.4) is 0 Å². The Balaban J connectivity index is 1.54. The molecule has 0 saturated carbocycles. The number of aromatic nitrogens is 1. The highest BCUT2D eigenvalue weighted by Crippen LogP contribution is 2.29. The van der Waals surface area contributed by atoms with Crippen molar-refractivity contribution in [3.63, 3.8) is 0 Å². The summed E-state index contributed by atoms with van der Waals surface area (Å²) >= 11 is 1.39. The van der Waals surface area contributed by atoms with Crippen LogP contribution in [0.5, 0.6) is 5.75 Å². The van der Waals surface area contributed by atoms with Gasteiger partial charge in [0.2, 0.25) is 0 Å². The van der Waals surface area contributed by atoms with Crippen LogP contribution in [0.4, 0.5) is 0 Å². The minimum atomic E-state index is -0.227. The number of aryl methyl sites for hydroxylation is 1. The Hall–Kier alpha value is -3.17. The number of benzene rings is 2. The number of para-hydroxylation sites is 1. The van der Waals surface area contributed by atoms with Crippen molar-refractivity contribution in [2.24, 2.45) is 0 Å². The topological polar surface area (TPSA) is 66.2 Å². The van der Waals surface area contributed by atoms with Gasteiger partial charge in [0.1, 0.15) is 17.9 Å². The average Bonchev–Trinajstić information content (AvgIpc) is 3.29. The van der Waals surface area contributed by atoms with Crippen molar-refractivity contribution in [3.05, 3.63) is 70.0 Å². The van der Waals surface area contributed by atoms with E-state index in [4.69, 9.17) is 4.74 Å². The summed E-state index contributed by atoms with van der Waals surface area (Å²) in [5, 5.41) is 11.8. The van der Waals surface area contributed by atoms with Crippen LogP contribution >= 0.6 is 11.3 Å². The van der Waals surface area contributed by atoms with Gasteiger partial charge in [-0.1, -0.05) is 36.4 Å². The van der Waals surface area contributed by atoms with E-state index in [1.807, 2.05) is 47.5 Å². The summed E-state index contributed by atoms with van der Waals surface area (Å²) in [5.41, 5.74) is 3.54. The SMILES string of the molecule is Cc1ccccc1-c1csc(C(=O)N2CCCCC2C(C)Oc2ccccc2C#N)n1. The summed E-state index contributed by atoms with van der Waals surface area (Å²) in [4.78, 5) is 20.0. The number of piperidine rings is 1. The zero-order valence-corrected chi connectivity index (χ0v) is 18.6. The number of nitrogens with zero attached hydrogens (tertiary/aromatic N) is 3. The van der Waals surface area contributed by atoms with Crippen LogP contribution in [0.25, 0.3) is 11.3 Å². The van der Waals surface area contributed by atoms with Crippen molar-refractivity contribution < 1.29 is 9.53 Å². The third-order valence-corrected chi connectivity index (χ3v) is 6.61. The molecule has 31 heavy (non-hydrogen) atoms. The molecule has 1 amide bonds. The van der Waals surface area contributed by atoms with Crippen LogP contribution < -0.4 is 4.74 Å². The quantitative estimate of drug-likeness (QED) is 0.539. The van der Waals surface area contributed by atoms with Gasteiger partial charge in [0.15, 0.2) is 5.01 Å². The van der Waals surface area contributed by atoms with Gasteiger partial charge in [0.05, 0.1) is 17.3 Å². The molecule has 158 valence electrons. The molecule has 1 saturated heterocycles. The molecule has 4 rings (SSSR count). The molecule has 1 aliphatic heterocycles. The first-order valence-corrected chi connectivity index (χ1v) is 11.4. The molecule has 0 spiro atoms. The van der Waals surface area contributed by atoms with Crippen LogP contribution in [0, 0.1) is 18.3 Å². The predicted octanol–water partition coefficient (Wildman–Crippen LogP) is 5.45. The van der Waals surface area contributed by atoms with Gasteiger partial charge in [-0.3, -0.25) is 4.79 Å². The third-order valence-electron chi connectivity index (χ3n) is 5.78. The molecule has 2 unspecified atom stereocenters. The fourth-order valence-electron chi connectivity index (χ4n) is 4.12. The molecule has 1 aromatic heterocycles. The highest BCUT2D eigenvalue weighted by molar-refractivity contribution is 7.12. The first-order chi connectivity index (χ1) is 15.1. The van der Waals surface area contributed by atoms with Crippen molar-refractivity contribution in [2.45, 2.75) is 45.3 Å². The fraction of sp³-hybridized carbons (Fsp3) is 0.320. The Kier molecular flexibility index (Phi) is 6.34. The molecular formula is C25H25N3O2S. The van der Waals surface area contributed by atoms with Crippen LogP contribution in [0.1, 0.15) is 47.1 Å². The number of ether oxygens (including phenoxy) is 1. The molecule has 0 aliphatic carbocycles. The highest BCUT2D eigenvalue weighted by atomic mass is 32.1. The van der Waals surface area contributed by atoms with E-state index in [9.17, 15) is 10.1 Å². The zero-order chi connectivity index (χ0) is 21.8. The van der Waals surface area contributed by atoms with E-state index in [0.717, 1.165) is 36.1 Å². The molecule has 2 atom stereocenters. The molecule has 3 aromatic rings. The summed E-state index contributed by atoms with van der Waals surface area (Å²) in [7, 11) is 0. The summed E-state index contributed by atoms with van der Waals surface area (Å²) < 4.78 is 6.15. The number of likely N-dealkylation sites (tertiary alicyclic amines) is 1. The predicted molar refractivity (Wildman–Crippen MR) is 122 cm³/mol. The first kappa shape index (κ1) is 21.1. The Labute approximate surface area is 186 Å². The highest BCUT2D eigenvalue weighted by Gasteiger charge is 2.34. The smallest absolute Gasteiger partial charge is 0.283 e. The van der Waals surface area contributed by atoms with E-state index < -0.39 is 0 Å². The largest absolute Gasteiger partial charge is 0.487 e. The second-order valence-corrected chi connectivity index (χ2v) is 8.70. The second kappa shape index (κ2) is 9.32. The van der Waals surface area contributed by atoms with E-state index in [2.05, 4.69) is 24.0 Å². The lowest BCUT2D eigenvalue weighted by Crippen LogP contribution is -2.50.